The zero-order chi connectivity index (χ0) is 27.9. The van der Waals surface area contributed by atoms with Gasteiger partial charge in [0.05, 0.1) is 18.8 Å². The Bertz CT molecular complexity index is 1000. The number of hydrogen-bond acceptors (Lipinski definition) is 7. The Balaban J connectivity index is 1.21. The van der Waals surface area contributed by atoms with E-state index in [4.69, 9.17) is 4.74 Å². The molecule has 1 amide bonds. The molecule has 4 fully saturated rings. The minimum absolute atomic E-state index is 0.0446. The van der Waals surface area contributed by atoms with E-state index in [0.717, 1.165) is 51.4 Å². The molecule has 4 aliphatic carbocycles. The van der Waals surface area contributed by atoms with Gasteiger partial charge in [-0.2, -0.15) is 9.97 Å². The highest BCUT2D eigenvalue weighted by atomic mass is 32.2. The maximum atomic E-state index is 12.2. The van der Waals surface area contributed by atoms with Gasteiger partial charge in [-0.25, -0.2) is 4.79 Å². The molecule has 0 aliphatic heterocycles. The number of nitrogens with one attached hydrogen (secondary N) is 1. The van der Waals surface area contributed by atoms with Gasteiger partial charge in [0.1, 0.15) is 0 Å². The number of nitrogens with zero attached hydrogens (tertiary/aromatic N) is 2. The molecule has 8 nitrogen and oxygen atoms in total. The van der Waals surface area contributed by atoms with Crippen LogP contribution in [0.1, 0.15) is 85.5 Å². The van der Waals surface area contributed by atoms with Crippen LogP contribution in [-0.2, 0) is 16.1 Å². The molecule has 5 rings (SSSR count). The molecule has 39 heavy (non-hydrogen) atoms. The van der Waals surface area contributed by atoms with Crippen molar-refractivity contribution in [1.29, 1.82) is 0 Å². The molecular formula is C30H47N3O5S. The van der Waals surface area contributed by atoms with E-state index in [1.807, 2.05) is 0 Å². The molecule has 9 heteroatoms. The Hall–Kier alpha value is -1.42. The topological polar surface area (TPSA) is 128 Å². The smallest absolute Gasteiger partial charge is 0.449 e. The van der Waals surface area contributed by atoms with Gasteiger partial charge in [0, 0.05) is 12.4 Å². The second kappa shape index (κ2) is 11.5. The summed E-state index contributed by atoms with van der Waals surface area (Å²) in [6.45, 7) is 9.70. The van der Waals surface area contributed by atoms with Crippen LogP contribution in [0.2, 0.25) is 0 Å². The van der Waals surface area contributed by atoms with E-state index >= 15 is 0 Å². The van der Waals surface area contributed by atoms with E-state index in [-0.39, 0.29) is 40.7 Å². The van der Waals surface area contributed by atoms with Gasteiger partial charge >= 0.3 is 11.2 Å². The minimum atomic E-state index is -1.85. The highest BCUT2D eigenvalue weighted by Gasteiger charge is 2.64. The summed E-state index contributed by atoms with van der Waals surface area (Å²) >= 11 is -1.85. The molecule has 4 saturated carbocycles. The van der Waals surface area contributed by atoms with Crippen LogP contribution in [0.15, 0.2) is 23.6 Å². The predicted molar refractivity (Wildman–Crippen MR) is 148 cm³/mol. The summed E-state index contributed by atoms with van der Waals surface area (Å²) < 4.78 is 19.9. The van der Waals surface area contributed by atoms with Crippen LogP contribution in [0.25, 0.3) is 0 Å². The van der Waals surface area contributed by atoms with E-state index in [9.17, 15) is 19.6 Å². The normalized spacial score (nSPS) is 42.9. The summed E-state index contributed by atoms with van der Waals surface area (Å²) in [5.41, 5.74) is 0.381. The number of aliphatic hydroxyl groups is 2. The average Bonchev–Trinajstić information content (AvgIpc) is 3.27. The molecule has 1 heterocycles. The lowest BCUT2D eigenvalue weighted by Crippen LogP contribution is -2.62. The fourth-order valence-corrected chi connectivity index (χ4v) is 10.6. The molecule has 0 radical (unpaired) electrons. The first-order chi connectivity index (χ1) is 18.6. The van der Waals surface area contributed by atoms with Crippen LogP contribution in [0.3, 0.4) is 0 Å². The predicted octanol–water partition coefficient (Wildman–Crippen LogP) is 4.88. The lowest BCUT2D eigenvalue weighted by atomic mass is 9.41. The lowest BCUT2D eigenvalue weighted by Gasteiger charge is -2.64. The third-order valence-electron chi connectivity index (χ3n) is 11.8. The first-order valence-corrected chi connectivity index (χ1v) is 16.2. The molecule has 1 aromatic rings. The van der Waals surface area contributed by atoms with E-state index in [2.05, 4.69) is 42.4 Å². The third kappa shape index (κ3) is 5.22. The van der Waals surface area contributed by atoms with Crippen molar-refractivity contribution in [3.63, 3.8) is 0 Å². The largest absolute Gasteiger partial charge is 0.585 e. The van der Waals surface area contributed by atoms with Gasteiger partial charge in [0.25, 0.3) is 0 Å². The van der Waals surface area contributed by atoms with Crippen molar-refractivity contribution in [1.82, 2.24) is 14.7 Å². The summed E-state index contributed by atoms with van der Waals surface area (Å²) in [6.07, 6.45) is 10.9. The highest BCUT2D eigenvalue weighted by Crippen LogP contribution is 2.69. The van der Waals surface area contributed by atoms with Gasteiger partial charge in [-0.1, -0.05) is 34.1 Å². The van der Waals surface area contributed by atoms with Crippen LogP contribution >= 0.6 is 0 Å². The van der Waals surface area contributed by atoms with Crippen molar-refractivity contribution < 1.29 is 24.3 Å². The molecule has 12 atom stereocenters. The van der Waals surface area contributed by atoms with E-state index in [1.54, 1.807) is 6.07 Å². The van der Waals surface area contributed by atoms with Crippen LogP contribution < -0.4 is 4.72 Å². The van der Waals surface area contributed by atoms with Gasteiger partial charge in [0.15, 0.2) is 11.4 Å². The van der Waals surface area contributed by atoms with Gasteiger partial charge < -0.3 is 19.5 Å². The van der Waals surface area contributed by atoms with E-state index < -0.39 is 17.5 Å². The van der Waals surface area contributed by atoms with Gasteiger partial charge in [0.2, 0.25) is 0 Å². The fraction of sp³-hybridized carbons (Fsp3) is 0.833. The highest BCUT2D eigenvalue weighted by molar-refractivity contribution is 7.89. The molecule has 0 saturated heterocycles. The SMILES string of the molecule is CC[C@@H]1C2C[C@H](O)CC[C@@]2(C)[C@H]2CCC3(C)[C@@H]([C@H](C)CCOC(=O)N[S@@+]([O-])c4ncccn4)CC[C@H]3C2[C@@H]1O. The number of hydrogen-bond donors (Lipinski definition) is 3. The van der Waals surface area contributed by atoms with Crippen LogP contribution in [0.5, 0.6) is 0 Å². The van der Waals surface area contributed by atoms with Crippen molar-refractivity contribution in [2.24, 2.45) is 52.3 Å². The molecule has 0 spiro atoms. The number of aromatic nitrogens is 2. The van der Waals surface area contributed by atoms with Crippen LogP contribution in [-0.4, -0.2) is 49.6 Å². The lowest BCUT2D eigenvalue weighted by molar-refractivity contribution is -0.203. The third-order valence-corrected chi connectivity index (χ3v) is 12.7. The standard InChI is InChI=1S/C30H47N3O5S/c1-5-20-24-17-19(34)9-12-30(24,4)23-10-13-29(3)21(7-8-22(29)25(23)26(20)35)18(2)11-16-38-28(36)33-39(37)27-31-14-6-15-32-27/h6,14-15,18-26,34-35H,5,7-13,16-17H2,1-4H3,(H,33,36)/t18-,19-,20-,21-,22+,23+,24?,25?,26-,29?,30+,39+/m1/s1. The van der Waals surface area contributed by atoms with Gasteiger partial charge in [-0.15, -0.1) is 4.72 Å². The van der Waals surface area contributed by atoms with E-state index in [1.165, 1.54) is 18.8 Å². The van der Waals surface area contributed by atoms with Crippen LogP contribution in [0.4, 0.5) is 4.79 Å². The van der Waals surface area contributed by atoms with Crippen LogP contribution in [0, 0.1) is 52.3 Å². The number of fused-ring (bicyclic) bond motifs is 5. The number of rotatable bonds is 7. The number of amides is 1. The Morgan fingerprint density at radius 1 is 1.13 bits per heavy atom. The Morgan fingerprint density at radius 2 is 1.82 bits per heavy atom. The fourth-order valence-electron chi connectivity index (χ4n) is 10.0. The number of carbonyl (C=O) groups excluding carboxylic acids is 1. The van der Waals surface area contributed by atoms with Gasteiger partial charge in [-0.05, 0) is 110 Å². The quantitative estimate of drug-likeness (QED) is 0.320. The Morgan fingerprint density at radius 3 is 2.54 bits per heavy atom. The molecule has 4 aliphatic rings. The molecule has 0 bridgehead atoms. The summed E-state index contributed by atoms with van der Waals surface area (Å²) in [5, 5.41) is 22.4. The molecule has 1 aromatic heterocycles. The zero-order valence-corrected chi connectivity index (χ0v) is 24.7. The Kier molecular flexibility index (Phi) is 8.54. The first-order valence-electron chi connectivity index (χ1n) is 15.1. The van der Waals surface area contributed by atoms with Crippen molar-refractivity contribution in [2.75, 3.05) is 6.61 Å². The maximum Gasteiger partial charge on any atom is 0.449 e. The minimum Gasteiger partial charge on any atom is -0.585 e. The molecule has 218 valence electrons. The molecule has 0 aromatic carbocycles. The molecule has 3 N–H and O–H groups in total. The summed E-state index contributed by atoms with van der Waals surface area (Å²) in [6, 6.07) is 1.62. The maximum absolute atomic E-state index is 12.2. The second-order valence-electron chi connectivity index (χ2n) is 13.4. The Labute approximate surface area is 236 Å². The van der Waals surface area contributed by atoms with Crippen molar-refractivity contribution >= 4 is 17.5 Å². The summed E-state index contributed by atoms with van der Waals surface area (Å²) in [4.78, 5) is 20.0. The van der Waals surface area contributed by atoms with E-state index in [0.29, 0.717) is 35.5 Å². The first kappa shape index (κ1) is 29.1. The zero-order valence-electron chi connectivity index (χ0n) is 23.9. The average molecular weight is 562 g/mol. The number of ether oxygens (including phenoxy) is 1. The molecule has 3 unspecified atom stereocenters. The number of carbonyl (C=O) groups is 1. The monoisotopic (exact) mass is 561 g/mol. The van der Waals surface area contributed by atoms with Crippen molar-refractivity contribution in [3.8, 4) is 0 Å². The number of aliphatic hydroxyl groups excluding tert-OH is 2. The van der Waals surface area contributed by atoms with Crippen molar-refractivity contribution in [3.05, 3.63) is 18.5 Å². The summed E-state index contributed by atoms with van der Waals surface area (Å²) in [5.74, 6) is 2.95. The molecular weight excluding hydrogens is 514 g/mol. The summed E-state index contributed by atoms with van der Waals surface area (Å²) in [7, 11) is 0. The van der Waals surface area contributed by atoms with Gasteiger partial charge in [-0.3, -0.25) is 0 Å². The second-order valence-corrected chi connectivity index (χ2v) is 14.5. The van der Waals surface area contributed by atoms with Crippen molar-refractivity contribution in [2.45, 2.75) is 103 Å².